The zero-order chi connectivity index (χ0) is 25.1. The van der Waals surface area contributed by atoms with Gasteiger partial charge >= 0.3 is 0 Å². The molecular weight excluding hydrogens is 488 g/mol. The van der Waals surface area contributed by atoms with Gasteiger partial charge in [-0.15, -0.1) is 23.1 Å². The number of amides is 2. The van der Waals surface area contributed by atoms with E-state index >= 15 is 0 Å². The smallest absolute Gasteiger partial charge is 0.264 e. The average molecular weight is 521 g/mol. The van der Waals surface area contributed by atoms with E-state index in [0.717, 1.165) is 84.7 Å². The predicted molar refractivity (Wildman–Crippen MR) is 148 cm³/mol. The van der Waals surface area contributed by atoms with Crippen molar-refractivity contribution in [2.24, 2.45) is 0 Å². The number of likely N-dealkylation sites (tertiary alicyclic amines) is 2. The lowest BCUT2D eigenvalue weighted by atomic mass is 10.1. The summed E-state index contributed by atoms with van der Waals surface area (Å²) in [5, 5.41) is 1.70. The van der Waals surface area contributed by atoms with Gasteiger partial charge in [-0.25, -0.2) is 9.97 Å². The summed E-state index contributed by atoms with van der Waals surface area (Å²) >= 11 is 2.98. The third kappa shape index (κ3) is 5.06. The first-order valence-corrected chi connectivity index (χ1v) is 14.8. The monoisotopic (exact) mass is 520 g/mol. The van der Waals surface area contributed by atoms with Crippen LogP contribution in [0.4, 0.5) is 0 Å². The summed E-state index contributed by atoms with van der Waals surface area (Å²) in [4.78, 5) is 42.2. The molecule has 8 heteroatoms. The maximum absolute atomic E-state index is 13.8. The van der Waals surface area contributed by atoms with E-state index in [1.165, 1.54) is 17.8 Å². The molecule has 2 aliphatic rings. The molecule has 2 aliphatic heterocycles. The molecule has 1 aromatic carbocycles. The predicted octanol–water partition coefficient (Wildman–Crippen LogP) is 6.12. The molecule has 2 amide bonds. The Morgan fingerprint density at radius 2 is 1.56 bits per heavy atom. The van der Waals surface area contributed by atoms with E-state index in [-0.39, 0.29) is 11.8 Å². The van der Waals surface area contributed by atoms with E-state index in [9.17, 15) is 9.59 Å². The molecule has 0 bridgehead atoms. The maximum atomic E-state index is 13.8. The van der Waals surface area contributed by atoms with Crippen LogP contribution >= 0.6 is 23.1 Å². The number of piperidine rings is 2. The van der Waals surface area contributed by atoms with Crippen LogP contribution in [0, 0.1) is 0 Å². The number of thiophene rings is 1. The van der Waals surface area contributed by atoms with Gasteiger partial charge in [0.2, 0.25) is 5.91 Å². The van der Waals surface area contributed by atoms with Crippen molar-refractivity contribution in [1.29, 1.82) is 0 Å². The fourth-order valence-electron chi connectivity index (χ4n) is 5.02. The third-order valence-corrected chi connectivity index (χ3v) is 8.73. The van der Waals surface area contributed by atoms with Gasteiger partial charge in [0, 0.05) is 42.9 Å². The standard InChI is InChI=1S/C28H32N4O2S2/c1-19(27(33)31-14-8-4-9-15-31)18-21-22-25(35-2)29-24(20-12-6-3-7-13-20)30-26(22)36-23(21)28(34)32-16-10-5-11-17-32/h3,6-7,12-13,18H,4-5,8-11,14-17H2,1-2H3/b19-18+. The number of thioether (sulfide) groups is 1. The van der Waals surface area contributed by atoms with Gasteiger partial charge in [0.15, 0.2) is 5.82 Å². The molecule has 0 atom stereocenters. The van der Waals surface area contributed by atoms with Crippen LogP contribution in [0.25, 0.3) is 27.7 Å². The summed E-state index contributed by atoms with van der Waals surface area (Å²) < 4.78 is 0. The summed E-state index contributed by atoms with van der Waals surface area (Å²) in [5.41, 5.74) is 2.39. The Kier molecular flexibility index (Phi) is 7.72. The molecule has 36 heavy (non-hydrogen) atoms. The zero-order valence-corrected chi connectivity index (χ0v) is 22.6. The van der Waals surface area contributed by atoms with E-state index in [1.807, 2.05) is 59.4 Å². The van der Waals surface area contributed by atoms with Crippen LogP contribution in [0.5, 0.6) is 0 Å². The number of hydrogen-bond acceptors (Lipinski definition) is 6. The molecule has 0 spiro atoms. The van der Waals surface area contributed by atoms with Gasteiger partial charge < -0.3 is 9.80 Å². The van der Waals surface area contributed by atoms with E-state index < -0.39 is 0 Å². The number of carbonyl (C=O) groups is 2. The van der Waals surface area contributed by atoms with Crippen LogP contribution in [0.1, 0.15) is 60.7 Å². The summed E-state index contributed by atoms with van der Waals surface area (Å²) in [6.07, 6.45) is 10.4. The quantitative estimate of drug-likeness (QED) is 0.230. The Morgan fingerprint density at radius 1 is 0.917 bits per heavy atom. The van der Waals surface area contributed by atoms with Gasteiger partial charge in [-0.2, -0.15) is 0 Å². The van der Waals surface area contributed by atoms with Crippen LogP contribution in [-0.2, 0) is 4.79 Å². The van der Waals surface area contributed by atoms with Crippen LogP contribution in [0.2, 0.25) is 0 Å². The van der Waals surface area contributed by atoms with Gasteiger partial charge in [-0.05, 0) is 57.8 Å². The molecule has 6 nitrogen and oxygen atoms in total. The summed E-state index contributed by atoms with van der Waals surface area (Å²) in [5.74, 6) is 0.746. The van der Waals surface area contributed by atoms with Crippen molar-refractivity contribution in [2.45, 2.75) is 50.5 Å². The number of rotatable bonds is 5. The van der Waals surface area contributed by atoms with E-state index in [1.54, 1.807) is 11.8 Å². The second-order valence-corrected chi connectivity index (χ2v) is 11.3. The molecule has 0 radical (unpaired) electrons. The van der Waals surface area contributed by atoms with Gasteiger partial charge in [0.25, 0.3) is 5.91 Å². The first-order chi connectivity index (χ1) is 17.6. The Labute approximate surface area is 220 Å². The molecule has 2 saturated heterocycles. The summed E-state index contributed by atoms with van der Waals surface area (Å²) in [6.45, 7) is 5.02. The van der Waals surface area contributed by atoms with E-state index in [2.05, 4.69) is 0 Å². The fraction of sp³-hybridized carbons (Fsp3) is 0.429. The van der Waals surface area contributed by atoms with E-state index in [0.29, 0.717) is 16.3 Å². The number of fused-ring (bicyclic) bond motifs is 1. The van der Waals surface area contributed by atoms with Crippen LogP contribution in [-0.4, -0.2) is 64.0 Å². The molecule has 5 rings (SSSR count). The summed E-state index contributed by atoms with van der Waals surface area (Å²) in [6, 6.07) is 9.93. The zero-order valence-electron chi connectivity index (χ0n) is 21.0. The van der Waals surface area contributed by atoms with Crippen LogP contribution in [0.3, 0.4) is 0 Å². The lowest BCUT2D eigenvalue weighted by Gasteiger charge is -2.27. The Hall–Kier alpha value is -2.71. The highest BCUT2D eigenvalue weighted by Crippen LogP contribution is 2.39. The number of aromatic nitrogens is 2. The number of hydrogen-bond donors (Lipinski definition) is 0. The minimum absolute atomic E-state index is 0.0375. The molecular formula is C28H32N4O2S2. The van der Waals surface area contributed by atoms with Crippen molar-refractivity contribution in [3.63, 3.8) is 0 Å². The lowest BCUT2D eigenvalue weighted by Crippen LogP contribution is -2.36. The molecule has 2 fully saturated rings. The van der Waals surface area contributed by atoms with Gasteiger partial charge in [-0.3, -0.25) is 9.59 Å². The second kappa shape index (κ2) is 11.1. The van der Waals surface area contributed by atoms with E-state index in [4.69, 9.17) is 9.97 Å². The molecule has 2 aromatic heterocycles. The average Bonchev–Trinajstić information content (AvgIpc) is 3.31. The lowest BCUT2D eigenvalue weighted by molar-refractivity contribution is -0.127. The molecule has 4 heterocycles. The number of carbonyl (C=O) groups excluding carboxylic acids is 2. The molecule has 3 aromatic rings. The molecule has 0 N–H and O–H groups in total. The van der Waals surface area contributed by atoms with Gasteiger partial charge in [-0.1, -0.05) is 30.3 Å². The number of nitrogens with zero attached hydrogens (tertiary/aromatic N) is 4. The first-order valence-electron chi connectivity index (χ1n) is 12.8. The van der Waals surface area contributed by atoms with Crippen LogP contribution in [0.15, 0.2) is 40.9 Å². The highest BCUT2D eigenvalue weighted by molar-refractivity contribution is 7.98. The molecule has 0 saturated carbocycles. The molecule has 0 unspecified atom stereocenters. The van der Waals surface area contributed by atoms with Crippen molar-refractivity contribution >= 4 is 51.2 Å². The third-order valence-electron chi connectivity index (χ3n) is 6.96. The first kappa shape index (κ1) is 25.0. The minimum atomic E-state index is 0.0375. The Balaban J connectivity index is 1.64. The SMILES string of the molecule is CSc1nc(-c2ccccc2)nc2sc(C(=O)N3CCCCC3)c(/C=C(\C)C(=O)N3CCCCC3)c12. The van der Waals surface area contributed by atoms with Gasteiger partial charge in [0.1, 0.15) is 14.7 Å². The second-order valence-electron chi connectivity index (χ2n) is 9.48. The maximum Gasteiger partial charge on any atom is 0.264 e. The normalized spacial score (nSPS) is 17.0. The van der Waals surface area contributed by atoms with Crippen molar-refractivity contribution in [3.05, 3.63) is 46.3 Å². The fourth-order valence-corrected chi connectivity index (χ4v) is 6.79. The number of benzene rings is 1. The molecule has 0 aliphatic carbocycles. The highest BCUT2D eigenvalue weighted by Gasteiger charge is 2.27. The Morgan fingerprint density at radius 3 is 2.19 bits per heavy atom. The minimum Gasteiger partial charge on any atom is -0.339 e. The summed E-state index contributed by atoms with van der Waals surface area (Å²) in [7, 11) is 0. The Bertz CT molecular complexity index is 1290. The van der Waals surface area contributed by atoms with Crippen LogP contribution < -0.4 is 0 Å². The van der Waals surface area contributed by atoms with Crippen molar-refractivity contribution in [2.75, 3.05) is 32.4 Å². The van der Waals surface area contributed by atoms with Gasteiger partial charge in [0.05, 0.1) is 5.39 Å². The largest absolute Gasteiger partial charge is 0.339 e. The topological polar surface area (TPSA) is 66.4 Å². The van der Waals surface area contributed by atoms with Crippen molar-refractivity contribution in [3.8, 4) is 11.4 Å². The van der Waals surface area contributed by atoms with Crippen molar-refractivity contribution in [1.82, 2.24) is 19.8 Å². The highest BCUT2D eigenvalue weighted by atomic mass is 32.2. The van der Waals surface area contributed by atoms with Crippen molar-refractivity contribution < 1.29 is 9.59 Å². The molecule has 188 valence electrons.